The lowest BCUT2D eigenvalue weighted by molar-refractivity contribution is 0.770. The summed E-state index contributed by atoms with van der Waals surface area (Å²) < 4.78 is 0. The second-order valence-corrected chi connectivity index (χ2v) is 2.23. The lowest BCUT2D eigenvalue weighted by Crippen LogP contribution is -2.34. The highest BCUT2D eigenvalue weighted by atomic mass is 15.2. The SMILES string of the molecule is NCCCNC1=NCCN1. The molecule has 0 unspecified atom stereocenters. The molecule has 0 saturated heterocycles. The lowest BCUT2D eigenvalue weighted by atomic mass is 10.4. The van der Waals surface area contributed by atoms with E-state index in [-0.39, 0.29) is 0 Å². The Kier molecular flexibility index (Phi) is 3.02. The standard InChI is InChI=1S/C6H14N4/c7-2-1-3-8-6-9-4-5-10-6/h1-5,7H2,(H2,8,9,10). The summed E-state index contributed by atoms with van der Waals surface area (Å²) in [5.41, 5.74) is 5.31. The van der Waals surface area contributed by atoms with Crippen molar-refractivity contribution in [2.75, 3.05) is 26.2 Å². The molecule has 1 aliphatic heterocycles. The zero-order chi connectivity index (χ0) is 7.23. The van der Waals surface area contributed by atoms with Gasteiger partial charge >= 0.3 is 0 Å². The predicted octanol–water partition coefficient (Wildman–Crippen LogP) is -1.12. The van der Waals surface area contributed by atoms with Crippen LogP contribution in [-0.4, -0.2) is 32.1 Å². The zero-order valence-corrected chi connectivity index (χ0v) is 6.06. The van der Waals surface area contributed by atoms with Gasteiger partial charge in [0.05, 0.1) is 6.54 Å². The fourth-order valence-corrected chi connectivity index (χ4v) is 0.825. The van der Waals surface area contributed by atoms with E-state index in [1.165, 1.54) is 0 Å². The molecule has 4 nitrogen and oxygen atoms in total. The number of rotatable bonds is 3. The van der Waals surface area contributed by atoms with E-state index in [2.05, 4.69) is 15.6 Å². The maximum absolute atomic E-state index is 5.31. The van der Waals surface area contributed by atoms with E-state index in [1.807, 2.05) is 0 Å². The molecule has 58 valence electrons. The largest absolute Gasteiger partial charge is 0.356 e. The number of nitrogens with one attached hydrogen (secondary N) is 2. The maximum Gasteiger partial charge on any atom is 0.191 e. The fourth-order valence-electron chi connectivity index (χ4n) is 0.825. The molecule has 0 amide bonds. The third-order valence-electron chi connectivity index (χ3n) is 1.35. The summed E-state index contributed by atoms with van der Waals surface area (Å²) in [4.78, 5) is 4.16. The van der Waals surface area contributed by atoms with Gasteiger partial charge in [0.15, 0.2) is 5.96 Å². The molecule has 1 rings (SSSR count). The zero-order valence-electron chi connectivity index (χ0n) is 6.06. The highest BCUT2D eigenvalue weighted by Crippen LogP contribution is 1.80. The summed E-state index contributed by atoms with van der Waals surface area (Å²) in [6.07, 6.45) is 1.00. The summed E-state index contributed by atoms with van der Waals surface area (Å²) in [6, 6.07) is 0. The van der Waals surface area contributed by atoms with Crippen LogP contribution < -0.4 is 16.4 Å². The van der Waals surface area contributed by atoms with Crippen LogP contribution in [0.2, 0.25) is 0 Å². The van der Waals surface area contributed by atoms with E-state index in [1.54, 1.807) is 0 Å². The summed E-state index contributed by atoms with van der Waals surface area (Å²) in [7, 11) is 0. The first-order valence-corrected chi connectivity index (χ1v) is 3.66. The van der Waals surface area contributed by atoms with Crippen molar-refractivity contribution >= 4 is 5.96 Å². The lowest BCUT2D eigenvalue weighted by Gasteiger charge is -2.03. The van der Waals surface area contributed by atoms with Crippen LogP contribution in [0.1, 0.15) is 6.42 Å². The second-order valence-electron chi connectivity index (χ2n) is 2.23. The van der Waals surface area contributed by atoms with Gasteiger partial charge in [-0.25, -0.2) is 0 Å². The Labute approximate surface area is 60.9 Å². The average Bonchev–Trinajstić information content (AvgIpc) is 2.41. The minimum atomic E-state index is 0.736. The first kappa shape index (κ1) is 7.34. The van der Waals surface area contributed by atoms with E-state index in [9.17, 15) is 0 Å². The Hall–Kier alpha value is -0.770. The molecule has 10 heavy (non-hydrogen) atoms. The second kappa shape index (κ2) is 4.11. The molecule has 0 fully saturated rings. The first-order valence-electron chi connectivity index (χ1n) is 3.66. The van der Waals surface area contributed by atoms with Gasteiger partial charge in [-0.05, 0) is 13.0 Å². The van der Waals surface area contributed by atoms with Crippen LogP contribution in [-0.2, 0) is 0 Å². The number of nitrogens with two attached hydrogens (primary N) is 1. The molecule has 1 heterocycles. The van der Waals surface area contributed by atoms with Crippen LogP contribution >= 0.6 is 0 Å². The number of hydrogen-bond donors (Lipinski definition) is 3. The molecule has 1 aliphatic rings. The highest BCUT2D eigenvalue weighted by molar-refractivity contribution is 5.81. The van der Waals surface area contributed by atoms with Crippen molar-refractivity contribution in [3.05, 3.63) is 0 Å². The Balaban J connectivity index is 2.01. The van der Waals surface area contributed by atoms with Gasteiger partial charge in [-0.15, -0.1) is 0 Å². The maximum atomic E-state index is 5.31. The molecule has 0 saturated carbocycles. The average molecular weight is 142 g/mol. The molecule has 0 bridgehead atoms. The number of guanidine groups is 1. The van der Waals surface area contributed by atoms with Crippen LogP contribution in [0.15, 0.2) is 4.99 Å². The van der Waals surface area contributed by atoms with Crippen LogP contribution in [0, 0.1) is 0 Å². The number of nitrogens with zero attached hydrogens (tertiary/aromatic N) is 1. The van der Waals surface area contributed by atoms with Gasteiger partial charge in [-0.3, -0.25) is 4.99 Å². The van der Waals surface area contributed by atoms with Crippen molar-refractivity contribution < 1.29 is 0 Å². The molecule has 0 atom stereocenters. The van der Waals surface area contributed by atoms with Crippen molar-refractivity contribution in [2.24, 2.45) is 10.7 Å². The van der Waals surface area contributed by atoms with Gasteiger partial charge in [-0.2, -0.15) is 0 Å². The fraction of sp³-hybridized carbons (Fsp3) is 0.833. The van der Waals surface area contributed by atoms with E-state index >= 15 is 0 Å². The van der Waals surface area contributed by atoms with Gasteiger partial charge < -0.3 is 16.4 Å². The molecule has 0 radical (unpaired) electrons. The van der Waals surface area contributed by atoms with Gasteiger partial charge in [0.2, 0.25) is 0 Å². The topological polar surface area (TPSA) is 62.4 Å². The molecule has 0 aromatic rings. The quantitative estimate of drug-likeness (QED) is 0.438. The van der Waals surface area contributed by atoms with Crippen LogP contribution in [0.3, 0.4) is 0 Å². The molecular formula is C6H14N4. The Morgan fingerprint density at radius 2 is 2.60 bits per heavy atom. The van der Waals surface area contributed by atoms with Crippen molar-refractivity contribution in [1.82, 2.24) is 10.6 Å². The molecule has 0 aromatic carbocycles. The first-order chi connectivity index (χ1) is 4.93. The van der Waals surface area contributed by atoms with E-state index < -0.39 is 0 Å². The third kappa shape index (κ3) is 2.23. The normalized spacial score (nSPS) is 16.3. The van der Waals surface area contributed by atoms with Crippen LogP contribution in [0.4, 0.5) is 0 Å². The predicted molar refractivity (Wildman–Crippen MR) is 42.0 cm³/mol. The number of aliphatic imine (C=N–C) groups is 1. The minimum absolute atomic E-state index is 0.736. The minimum Gasteiger partial charge on any atom is -0.356 e. The molecule has 0 spiro atoms. The molecule has 4 N–H and O–H groups in total. The van der Waals surface area contributed by atoms with E-state index in [4.69, 9.17) is 5.73 Å². The molecule has 0 aromatic heterocycles. The van der Waals surface area contributed by atoms with Crippen molar-refractivity contribution in [1.29, 1.82) is 0 Å². The monoisotopic (exact) mass is 142 g/mol. The van der Waals surface area contributed by atoms with Crippen LogP contribution in [0.5, 0.6) is 0 Å². The van der Waals surface area contributed by atoms with Gasteiger partial charge in [0.25, 0.3) is 0 Å². The van der Waals surface area contributed by atoms with E-state index in [0.29, 0.717) is 0 Å². The van der Waals surface area contributed by atoms with Crippen LogP contribution in [0.25, 0.3) is 0 Å². The van der Waals surface area contributed by atoms with Crippen molar-refractivity contribution in [3.8, 4) is 0 Å². The van der Waals surface area contributed by atoms with Crippen molar-refractivity contribution in [3.63, 3.8) is 0 Å². The summed E-state index contributed by atoms with van der Waals surface area (Å²) in [6.45, 7) is 3.51. The Morgan fingerprint density at radius 3 is 3.20 bits per heavy atom. The molecule has 0 aliphatic carbocycles. The summed E-state index contributed by atoms with van der Waals surface area (Å²) in [5.74, 6) is 0.924. The Bertz CT molecular complexity index is 121. The van der Waals surface area contributed by atoms with Gasteiger partial charge in [-0.1, -0.05) is 0 Å². The third-order valence-corrected chi connectivity index (χ3v) is 1.35. The molecular weight excluding hydrogens is 128 g/mol. The number of hydrogen-bond acceptors (Lipinski definition) is 4. The summed E-state index contributed by atoms with van der Waals surface area (Å²) in [5, 5.41) is 6.25. The van der Waals surface area contributed by atoms with Crippen molar-refractivity contribution in [2.45, 2.75) is 6.42 Å². The highest BCUT2D eigenvalue weighted by Gasteiger charge is 2.01. The van der Waals surface area contributed by atoms with E-state index in [0.717, 1.165) is 38.6 Å². The summed E-state index contributed by atoms with van der Waals surface area (Å²) >= 11 is 0. The van der Waals surface area contributed by atoms with Gasteiger partial charge in [0.1, 0.15) is 0 Å². The van der Waals surface area contributed by atoms with Gasteiger partial charge in [0, 0.05) is 13.1 Å². The smallest absolute Gasteiger partial charge is 0.191 e. The Morgan fingerprint density at radius 1 is 1.70 bits per heavy atom. The molecule has 4 heteroatoms.